The van der Waals surface area contributed by atoms with Gasteiger partial charge in [-0.15, -0.1) is 11.3 Å². The van der Waals surface area contributed by atoms with Gasteiger partial charge in [0.15, 0.2) is 0 Å². The zero-order valence-electron chi connectivity index (χ0n) is 8.91. The smallest absolute Gasteiger partial charge is 0.0795 e. The minimum Gasteiger partial charge on any atom is -0.396 e. The fourth-order valence-electron chi connectivity index (χ4n) is 2.21. The highest BCUT2D eigenvalue weighted by molar-refractivity contribution is 7.07. The van der Waals surface area contributed by atoms with Gasteiger partial charge in [-0.25, -0.2) is 4.98 Å². The molecule has 1 aliphatic rings. The topological polar surface area (TPSA) is 45.1 Å². The molecular formula is C11H18N2OS. The summed E-state index contributed by atoms with van der Waals surface area (Å²) in [6, 6.07) is 0. The van der Waals surface area contributed by atoms with E-state index in [1.807, 2.05) is 5.51 Å². The summed E-state index contributed by atoms with van der Waals surface area (Å²) in [7, 11) is 0. The van der Waals surface area contributed by atoms with Crippen LogP contribution in [0.1, 0.15) is 31.4 Å². The van der Waals surface area contributed by atoms with Crippen LogP contribution in [0.5, 0.6) is 0 Å². The van der Waals surface area contributed by atoms with Crippen molar-refractivity contribution in [3.8, 4) is 0 Å². The molecule has 0 saturated heterocycles. The van der Waals surface area contributed by atoms with Gasteiger partial charge in [-0.2, -0.15) is 0 Å². The van der Waals surface area contributed by atoms with Crippen LogP contribution in [0.4, 0.5) is 0 Å². The largest absolute Gasteiger partial charge is 0.396 e. The van der Waals surface area contributed by atoms with Crippen molar-refractivity contribution >= 4 is 11.3 Å². The van der Waals surface area contributed by atoms with Gasteiger partial charge >= 0.3 is 0 Å². The lowest BCUT2D eigenvalue weighted by Gasteiger charge is -2.42. The van der Waals surface area contributed by atoms with Crippen LogP contribution < -0.4 is 5.32 Å². The fraction of sp³-hybridized carbons (Fsp3) is 0.727. The normalized spacial score (nSPS) is 18.7. The standard InChI is InChI=1S/C11H18N2OS/c14-5-4-11(2-1-3-11)8-12-6-10-7-15-9-13-10/h7,9,12,14H,1-6,8H2. The number of aliphatic hydroxyl groups is 1. The molecule has 0 bridgehead atoms. The Labute approximate surface area is 94.5 Å². The molecule has 0 amide bonds. The van der Waals surface area contributed by atoms with E-state index in [-0.39, 0.29) is 0 Å². The number of aliphatic hydroxyl groups excluding tert-OH is 1. The number of hydrogen-bond acceptors (Lipinski definition) is 4. The fourth-order valence-corrected chi connectivity index (χ4v) is 2.77. The minimum absolute atomic E-state index is 0.318. The average Bonchev–Trinajstić information content (AvgIpc) is 2.67. The van der Waals surface area contributed by atoms with Crippen LogP contribution in [0.2, 0.25) is 0 Å². The first kappa shape index (κ1) is 11.0. The third-order valence-electron chi connectivity index (χ3n) is 3.35. The van der Waals surface area contributed by atoms with E-state index in [0.717, 1.165) is 25.2 Å². The highest BCUT2D eigenvalue weighted by Gasteiger charge is 2.35. The Morgan fingerprint density at radius 1 is 1.53 bits per heavy atom. The van der Waals surface area contributed by atoms with E-state index in [0.29, 0.717) is 12.0 Å². The predicted octanol–water partition coefficient (Wildman–Crippen LogP) is 1.79. The van der Waals surface area contributed by atoms with Gasteiger partial charge in [-0.3, -0.25) is 0 Å². The van der Waals surface area contributed by atoms with Crippen molar-refractivity contribution in [3.63, 3.8) is 0 Å². The monoisotopic (exact) mass is 226 g/mol. The quantitative estimate of drug-likeness (QED) is 0.777. The molecule has 1 aromatic heterocycles. The molecule has 1 heterocycles. The molecular weight excluding hydrogens is 208 g/mol. The molecule has 1 saturated carbocycles. The zero-order chi connectivity index (χ0) is 10.6. The molecule has 84 valence electrons. The molecule has 0 aliphatic heterocycles. The van der Waals surface area contributed by atoms with E-state index in [4.69, 9.17) is 5.11 Å². The van der Waals surface area contributed by atoms with Gasteiger partial charge in [0.25, 0.3) is 0 Å². The van der Waals surface area contributed by atoms with Crippen molar-refractivity contribution in [2.45, 2.75) is 32.2 Å². The summed E-state index contributed by atoms with van der Waals surface area (Å²) < 4.78 is 0. The van der Waals surface area contributed by atoms with Crippen LogP contribution in [0.25, 0.3) is 0 Å². The second kappa shape index (κ2) is 5.05. The Bertz CT molecular complexity index is 283. The third kappa shape index (κ3) is 2.77. The minimum atomic E-state index is 0.318. The SMILES string of the molecule is OCCC1(CNCc2cscn2)CCC1. The van der Waals surface area contributed by atoms with E-state index in [1.165, 1.54) is 19.3 Å². The number of hydrogen-bond donors (Lipinski definition) is 2. The molecule has 1 aromatic rings. The number of nitrogens with zero attached hydrogens (tertiary/aromatic N) is 1. The van der Waals surface area contributed by atoms with Gasteiger partial charge in [0.2, 0.25) is 0 Å². The molecule has 2 rings (SSSR count). The van der Waals surface area contributed by atoms with Crippen molar-refractivity contribution < 1.29 is 5.11 Å². The maximum atomic E-state index is 9.01. The Hall–Kier alpha value is -0.450. The maximum absolute atomic E-state index is 9.01. The summed E-state index contributed by atoms with van der Waals surface area (Å²) >= 11 is 1.64. The van der Waals surface area contributed by atoms with Crippen LogP contribution in [-0.2, 0) is 6.54 Å². The van der Waals surface area contributed by atoms with Crippen LogP contribution >= 0.6 is 11.3 Å². The zero-order valence-corrected chi connectivity index (χ0v) is 9.72. The second-order valence-electron chi connectivity index (χ2n) is 4.41. The predicted molar refractivity (Wildman–Crippen MR) is 61.8 cm³/mol. The summed E-state index contributed by atoms with van der Waals surface area (Å²) in [5.41, 5.74) is 3.37. The Kier molecular flexibility index (Phi) is 3.72. The van der Waals surface area contributed by atoms with Crippen molar-refractivity contribution in [2.24, 2.45) is 5.41 Å². The first-order valence-electron chi connectivity index (χ1n) is 5.53. The van der Waals surface area contributed by atoms with Crippen LogP contribution in [0, 0.1) is 5.41 Å². The van der Waals surface area contributed by atoms with Gasteiger partial charge in [0, 0.05) is 25.1 Å². The van der Waals surface area contributed by atoms with E-state index >= 15 is 0 Å². The van der Waals surface area contributed by atoms with Gasteiger partial charge in [-0.1, -0.05) is 6.42 Å². The molecule has 1 fully saturated rings. The van der Waals surface area contributed by atoms with Crippen LogP contribution in [-0.4, -0.2) is 23.2 Å². The average molecular weight is 226 g/mol. The number of thiazole rings is 1. The van der Waals surface area contributed by atoms with Crippen LogP contribution in [0.15, 0.2) is 10.9 Å². The van der Waals surface area contributed by atoms with E-state index in [1.54, 1.807) is 11.3 Å². The lowest BCUT2D eigenvalue weighted by molar-refractivity contribution is 0.0858. The summed E-state index contributed by atoms with van der Waals surface area (Å²) in [5, 5.41) is 14.5. The van der Waals surface area contributed by atoms with Gasteiger partial charge in [-0.05, 0) is 24.7 Å². The summed E-state index contributed by atoms with van der Waals surface area (Å²) in [6.45, 7) is 2.19. The molecule has 0 atom stereocenters. The first-order valence-corrected chi connectivity index (χ1v) is 6.48. The maximum Gasteiger partial charge on any atom is 0.0795 e. The van der Waals surface area contributed by atoms with Crippen molar-refractivity contribution in [1.29, 1.82) is 0 Å². The molecule has 3 nitrogen and oxygen atoms in total. The first-order chi connectivity index (χ1) is 7.35. The number of nitrogens with one attached hydrogen (secondary N) is 1. The molecule has 0 aromatic carbocycles. The molecule has 0 unspecified atom stereocenters. The van der Waals surface area contributed by atoms with Gasteiger partial charge in [0.05, 0.1) is 11.2 Å². The summed E-state index contributed by atoms with van der Waals surface area (Å²) in [6.07, 6.45) is 4.78. The molecule has 4 heteroatoms. The van der Waals surface area contributed by atoms with E-state index in [2.05, 4.69) is 15.7 Å². The molecule has 2 N–H and O–H groups in total. The van der Waals surface area contributed by atoms with Crippen molar-refractivity contribution in [3.05, 3.63) is 16.6 Å². The second-order valence-corrected chi connectivity index (χ2v) is 5.13. The Morgan fingerprint density at radius 3 is 2.93 bits per heavy atom. The number of aromatic nitrogens is 1. The van der Waals surface area contributed by atoms with E-state index in [9.17, 15) is 0 Å². The summed E-state index contributed by atoms with van der Waals surface area (Å²) in [4.78, 5) is 4.23. The summed E-state index contributed by atoms with van der Waals surface area (Å²) in [5.74, 6) is 0. The van der Waals surface area contributed by atoms with Crippen molar-refractivity contribution in [2.75, 3.05) is 13.2 Å². The number of rotatable bonds is 6. The van der Waals surface area contributed by atoms with E-state index < -0.39 is 0 Å². The highest BCUT2D eigenvalue weighted by Crippen LogP contribution is 2.43. The Morgan fingerprint density at radius 2 is 2.40 bits per heavy atom. The van der Waals surface area contributed by atoms with Crippen molar-refractivity contribution in [1.82, 2.24) is 10.3 Å². The molecule has 0 radical (unpaired) electrons. The third-order valence-corrected chi connectivity index (χ3v) is 3.98. The molecule has 0 spiro atoms. The highest BCUT2D eigenvalue weighted by atomic mass is 32.1. The van der Waals surface area contributed by atoms with Crippen LogP contribution in [0.3, 0.4) is 0 Å². The van der Waals surface area contributed by atoms with Gasteiger partial charge < -0.3 is 10.4 Å². The van der Waals surface area contributed by atoms with Gasteiger partial charge in [0.1, 0.15) is 0 Å². The Balaban J connectivity index is 1.72. The lowest BCUT2D eigenvalue weighted by atomic mass is 9.67. The molecule has 15 heavy (non-hydrogen) atoms. The molecule has 1 aliphatic carbocycles. The lowest BCUT2D eigenvalue weighted by Crippen LogP contribution is -2.40.